The van der Waals surface area contributed by atoms with Gasteiger partial charge in [-0.2, -0.15) is 0 Å². The van der Waals surface area contributed by atoms with E-state index in [2.05, 4.69) is 106 Å². The van der Waals surface area contributed by atoms with Crippen molar-refractivity contribution < 1.29 is 9.53 Å². The minimum atomic E-state index is -1.80. The van der Waals surface area contributed by atoms with Crippen LogP contribution in [0.25, 0.3) is 0 Å². The van der Waals surface area contributed by atoms with Gasteiger partial charge in [-0.05, 0) is 42.1 Å². The van der Waals surface area contributed by atoms with E-state index in [1.807, 2.05) is 0 Å². The topological polar surface area (TPSA) is 32.7 Å². The van der Waals surface area contributed by atoms with Gasteiger partial charge in [-0.1, -0.05) is 88.4 Å². The first-order chi connectivity index (χ1) is 14.1. The quantitative estimate of drug-likeness (QED) is 0.431. The number of hydrogen-bond acceptors (Lipinski definition) is 3. The van der Waals surface area contributed by atoms with Gasteiger partial charge in [-0.3, -0.25) is 4.90 Å². The molecular formula is C26H41NO2Si. The number of aliphatic hydroxyl groups is 1. The Labute approximate surface area is 185 Å². The van der Waals surface area contributed by atoms with Gasteiger partial charge in [-0.15, -0.1) is 0 Å². The zero-order valence-corrected chi connectivity index (χ0v) is 20.8. The van der Waals surface area contributed by atoms with E-state index in [1.165, 1.54) is 11.1 Å². The summed E-state index contributed by atoms with van der Waals surface area (Å²) in [6.07, 6.45) is 1.20. The highest BCUT2D eigenvalue weighted by Crippen LogP contribution is 2.36. The van der Waals surface area contributed by atoms with Crippen molar-refractivity contribution in [3.8, 4) is 0 Å². The van der Waals surface area contributed by atoms with Crippen LogP contribution in [-0.4, -0.2) is 37.1 Å². The lowest BCUT2D eigenvalue weighted by Crippen LogP contribution is -2.45. The normalized spacial score (nSPS) is 14.7. The van der Waals surface area contributed by atoms with Crippen molar-refractivity contribution in [3.05, 3.63) is 71.8 Å². The third-order valence-electron chi connectivity index (χ3n) is 6.47. The summed E-state index contributed by atoms with van der Waals surface area (Å²) in [4.78, 5) is 2.42. The second-order valence-electron chi connectivity index (χ2n) is 9.82. The molecule has 0 aliphatic carbocycles. The Bertz CT molecular complexity index is 686. The molecule has 2 rings (SSSR count). The van der Waals surface area contributed by atoms with E-state index < -0.39 is 8.32 Å². The van der Waals surface area contributed by atoms with E-state index in [-0.39, 0.29) is 17.2 Å². The Morgan fingerprint density at radius 3 is 1.77 bits per heavy atom. The molecule has 2 aromatic rings. The summed E-state index contributed by atoms with van der Waals surface area (Å²) in [6.45, 7) is 15.8. The molecule has 2 aromatic carbocycles. The predicted molar refractivity (Wildman–Crippen MR) is 130 cm³/mol. The Morgan fingerprint density at radius 1 is 0.900 bits per heavy atom. The Morgan fingerprint density at radius 2 is 1.37 bits per heavy atom. The van der Waals surface area contributed by atoms with E-state index in [9.17, 15) is 5.11 Å². The lowest BCUT2D eigenvalue weighted by Gasteiger charge is -2.38. The van der Waals surface area contributed by atoms with Gasteiger partial charge >= 0.3 is 0 Å². The second kappa shape index (κ2) is 11.2. The number of aliphatic hydroxyl groups excluding tert-OH is 1. The fourth-order valence-corrected chi connectivity index (χ4v) is 4.53. The molecule has 30 heavy (non-hydrogen) atoms. The molecule has 0 radical (unpaired) electrons. The molecule has 0 bridgehead atoms. The maximum Gasteiger partial charge on any atom is 0.191 e. The zero-order chi connectivity index (χ0) is 22.2. The van der Waals surface area contributed by atoms with Crippen molar-refractivity contribution in [2.75, 3.05) is 6.61 Å². The first-order valence-corrected chi connectivity index (χ1v) is 14.2. The van der Waals surface area contributed by atoms with Gasteiger partial charge < -0.3 is 9.53 Å². The SMILES string of the molecule is CC[C@@H](O)[C@H](CCO[Si](C)(C)C(C)(C)C)N(Cc1ccccc1)Cc1ccccc1. The van der Waals surface area contributed by atoms with Crippen molar-refractivity contribution >= 4 is 8.32 Å². The molecule has 3 nitrogen and oxygen atoms in total. The monoisotopic (exact) mass is 427 g/mol. The number of hydrogen-bond donors (Lipinski definition) is 1. The molecule has 0 fully saturated rings. The smallest absolute Gasteiger partial charge is 0.191 e. The molecule has 0 saturated heterocycles. The van der Waals surface area contributed by atoms with Crippen LogP contribution in [0.2, 0.25) is 18.1 Å². The van der Waals surface area contributed by atoms with Crippen molar-refractivity contribution in [2.24, 2.45) is 0 Å². The first-order valence-electron chi connectivity index (χ1n) is 11.3. The van der Waals surface area contributed by atoms with Gasteiger partial charge in [-0.25, -0.2) is 0 Å². The Hall–Kier alpha value is -1.46. The summed E-state index contributed by atoms with van der Waals surface area (Å²) in [5.41, 5.74) is 2.54. The lowest BCUT2D eigenvalue weighted by molar-refractivity contribution is 0.0242. The van der Waals surface area contributed by atoms with Gasteiger partial charge in [0.15, 0.2) is 8.32 Å². The highest BCUT2D eigenvalue weighted by Gasteiger charge is 2.37. The van der Waals surface area contributed by atoms with E-state index in [1.54, 1.807) is 0 Å². The third-order valence-corrected chi connectivity index (χ3v) is 11.0. The fourth-order valence-electron chi connectivity index (χ4n) is 3.47. The van der Waals surface area contributed by atoms with Crippen LogP contribution in [0.5, 0.6) is 0 Å². The van der Waals surface area contributed by atoms with Gasteiger partial charge in [0.2, 0.25) is 0 Å². The molecule has 0 amide bonds. The summed E-state index contributed by atoms with van der Waals surface area (Å²) < 4.78 is 6.47. The van der Waals surface area contributed by atoms with Crippen molar-refractivity contribution in [3.63, 3.8) is 0 Å². The second-order valence-corrected chi connectivity index (χ2v) is 14.6. The predicted octanol–water partition coefficient (Wildman–Crippen LogP) is 6.24. The molecule has 0 aliphatic heterocycles. The maximum atomic E-state index is 10.9. The maximum absolute atomic E-state index is 10.9. The molecule has 4 heteroatoms. The van der Waals surface area contributed by atoms with Crippen LogP contribution in [0.15, 0.2) is 60.7 Å². The molecule has 0 unspecified atom stereocenters. The van der Waals surface area contributed by atoms with E-state index in [4.69, 9.17) is 4.43 Å². The molecule has 0 aromatic heterocycles. The number of nitrogens with zero attached hydrogens (tertiary/aromatic N) is 1. The lowest BCUT2D eigenvalue weighted by atomic mass is 10.0. The molecule has 1 N–H and O–H groups in total. The molecule has 0 saturated carbocycles. The summed E-state index contributed by atoms with van der Waals surface area (Å²) in [7, 11) is -1.80. The van der Waals surface area contributed by atoms with E-state index >= 15 is 0 Å². The third kappa shape index (κ3) is 7.35. The minimum absolute atomic E-state index is 0.0557. The summed E-state index contributed by atoms with van der Waals surface area (Å²) in [5, 5.41) is 11.1. The van der Waals surface area contributed by atoms with Gasteiger partial charge in [0.25, 0.3) is 0 Å². The molecule has 2 atom stereocenters. The Balaban J connectivity index is 2.19. The van der Waals surface area contributed by atoms with Gasteiger partial charge in [0.1, 0.15) is 0 Å². The van der Waals surface area contributed by atoms with Gasteiger partial charge in [0.05, 0.1) is 6.10 Å². The van der Waals surface area contributed by atoms with Crippen LogP contribution in [0.1, 0.15) is 51.7 Å². The zero-order valence-electron chi connectivity index (χ0n) is 19.8. The summed E-state index contributed by atoms with van der Waals surface area (Å²) >= 11 is 0. The largest absolute Gasteiger partial charge is 0.417 e. The first kappa shape index (κ1) is 24.8. The highest BCUT2D eigenvalue weighted by molar-refractivity contribution is 6.74. The highest BCUT2D eigenvalue weighted by atomic mass is 28.4. The van der Waals surface area contributed by atoms with Crippen LogP contribution in [-0.2, 0) is 17.5 Å². The summed E-state index contributed by atoms with van der Waals surface area (Å²) in [6, 6.07) is 21.2. The molecular weight excluding hydrogens is 386 g/mol. The van der Waals surface area contributed by atoms with Crippen LogP contribution in [0.3, 0.4) is 0 Å². The van der Waals surface area contributed by atoms with E-state index in [0.717, 1.165) is 25.9 Å². The molecule has 166 valence electrons. The van der Waals surface area contributed by atoms with Gasteiger partial charge in [0, 0.05) is 25.7 Å². The standard InChI is InChI=1S/C26H41NO2Si/c1-7-25(28)24(18-19-29-30(5,6)26(2,3)4)27(20-22-14-10-8-11-15-22)21-23-16-12-9-13-17-23/h8-17,24-25,28H,7,18-21H2,1-6H3/t24-,25+/m0/s1. The van der Waals surface area contributed by atoms with Crippen molar-refractivity contribution in [2.45, 2.75) is 83.9 Å². The van der Waals surface area contributed by atoms with Crippen LogP contribution < -0.4 is 0 Å². The Kier molecular flexibility index (Phi) is 9.29. The van der Waals surface area contributed by atoms with E-state index in [0.29, 0.717) is 6.61 Å². The van der Waals surface area contributed by atoms with Crippen molar-refractivity contribution in [1.82, 2.24) is 4.90 Å². The molecule has 0 spiro atoms. The number of benzene rings is 2. The molecule has 0 heterocycles. The number of rotatable bonds is 11. The van der Waals surface area contributed by atoms with Crippen LogP contribution in [0.4, 0.5) is 0 Å². The molecule has 0 aliphatic rings. The average Bonchev–Trinajstić information content (AvgIpc) is 2.71. The summed E-state index contributed by atoms with van der Waals surface area (Å²) in [5.74, 6) is 0. The van der Waals surface area contributed by atoms with Crippen LogP contribution in [0, 0.1) is 0 Å². The van der Waals surface area contributed by atoms with Crippen LogP contribution >= 0.6 is 0 Å². The van der Waals surface area contributed by atoms with Crippen molar-refractivity contribution in [1.29, 1.82) is 0 Å². The average molecular weight is 428 g/mol. The minimum Gasteiger partial charge on any atom is -0.417 e. The fraction of sp³-hybridized carbons (Fsp3) is 0.538.